The molecule has 0 aliphatic carbocycles. The maximum Gasteiger partial charge on any atom is 0.220 e. The Labute approximate surface area is 383 Å². The van der Waals surface area contributed by atoms with E-state index in [1.807, 2.05) is 0 Å². The smallest absolute Gasteiger partial charge is 0.220 e. The summed E-state index contributed by atoms with van der Waals surface area (Å²) >= 11 is 0. The van der Waals surface area contributed by atoms with Gasteiger partial charge in [0.05, 0.1) is 38.6 Å². The Bertz CT molecular complexity index is 1350. The maximum absolute atomic E-state index is 13.1. The van der Waals surface area contributed by atoms with E-state index in [9.17, 15) is 61.0 Å². The highest BCUT2D eigenvalue weighted by molar-refractivity contribution is 5.76. The van der Waals surface area contributed by atoms with Crippen LogP contribution in [0.25, 0.3) is 0 Å². The topological polar surface area (TPSA) is 307 Å². The molecule has 378 valence electrons. The third-order valence-electron chi connectivity index (χ3n) is 11.9. The molecule has 0 saturated carbocycles. The van der Waals surface area contributed by atoms with Gasteiger partial charge >= 0.3 is 0 Å². The molecule has 0 bridgehead atoms. The van der Waals surface area contributed by atoms with Gasteiger partial charge in [-0.1, -0.05) is 108 Å². The van der Waals surface area contributed by atoms with E-state index in [-0.39, 0.29) is 18.9 Å². The summed E-state index contributed by atoms with van der Waals surface area (Å²) in [6.07, 6.45) is 0.451. The number of rotatable bonds is 31. The molecule has 19 nitrogen and oxygen atoms in total. The van der Waals surface area contributed by atoms with Gasteiger partial charge in [0.2, 0.25) is 5.91 Å². The Morgan fingerprint density at radius 1 is 0.538 bits per heavy atom. The molecule has 3 fully saturated rings. The van der Waals surface area contributed by atoms with Gasteiger partial charge in [-0.15, -0.1) is 0 Å². The lowest BCUT2D eigenvalue weighted by Gasteiger charge is -2.48. The van der Waals surface area contributed by atoms with Crippen LogP contribution in [-0.4, -0.2) is 193 Å². The molecule has 0 aromatic carbocycles. The predicted molar refractivity (Wildman–Crippen MR) is 236 cm³/mol. The van der Waals surface area contributed by atoms with Crippen LogP contribution in [0, 0.1) is 0 Å². The number of amides is 1. The summed E-state index contributed by atoms with van der Waals surface area (Å²) in [5.74, 6) is -0.299. The molecule has 1 amide bonds. The average molecular weight is 936 g/mol. The van der Waals surface area contributed by atoms with Crippen molar-refractivity contribution in [2.24, 2.45) is 0 Å². The van der Waals surface area contributed by atoms with Crippen LogP contribution in [0.3, 0.4) is 0 Å². The molecule has 3 heterocycles. The highest BCUT2D eigenvalue weighted by Crippen LogP contribution is 2.33. The summed E-state index contributed by atoms with van der Waals surface area (Å²) in [6.45, 7) is 1.52. The van der Waals surface area contributed by atoms with Crippen molar-refractivity contribution in [3.8, 4) is 0 Å². The number of hydrogen-bond acceptors (Lipinski definition) is 18. The summed E-state index contributed by atoms with van der Waals surface area (Å²) in [5, 5.41) is 119. The van der Waals surface area contributed by atoms with Gasteiger partial charge in [0.1, 0.15) is 73.2 Å². The average Bonchev–Trinajstić information content (AvgIpc) is 3.30. The molecule has 65 heavy (non-hydrogen) atoms. The molecule has 3 aliphatic rings. The number of aliphatic hydroxyl groups excluding tert-OH is 11. The fraction of sp³-hybridized carbons (Fsp3) is 0.848. The van der Waals surface area contributed by atoms with E-state index in [4.69, 9.17) is 28.4 Å². The molecule has 3 aliphatic heterocycles. The van der Waals surface area contributed by atoms with Gasteiger partial charge in [-0.25, -0.2) is 0 Å². The Morgan fingerprint density at radius 2 is 0.985 bits per heavy atom. The zero-order chi connectivity index (χ0) is 47.7. The van der Waals surface area contributed by atoms with Crippen LogP contribution in [0.5, 0.6) is 0 Å². The first-order chi connectivity index (χ1) is 31.3. The van der Waals surface area contributed by atoms with Crippen LogP contribution in [0.2, 0.25) is 0 Å². The number of carbonyl (C=O) groups excluding carboxylic acids is 1. The molecule has 17 unspecified atom stereocenters. The Morgan fingerprint density at radius 3 is 1.51 bits per heavy atom. The number of hydrogen-bond donors (Lipinski definition) is 12. The van der Waals surface area contributed by atoms with Gasteiger partial charge in [0.25, 0.3) is 0 Å². The molecule has 19 heteroatoms. The number of nitrogens with one attached hydrogen (secondary N) is 1. The molecular weight excluding hydrogens is 854 g/mol. The van der Waals surface area contributed by atoms with Crippen molar-refractivity contribution >= 4 is 5.91 Å². The van der Waals surface area contributed by atoms with Gasteiger partial charge < -0.3 is 89.9 Å². The summed E-state index contributed by atoms with van der Waals surface area (Å²) in [6, 6.07) is -0.988. The van der Waals surface area contributed by atoms with Crippen LogP contribution in [0.1, 0.15) is 117 Å². The van der Waals surface area contributed by atoms with Crippen molar-refractivity contribution < 1.29 is 89.4 Å². The van der Waals surface area contributed by atoms with Crippen LogP contribution in [0.4, 0.5) is 0 Å². The fourth-order valence-electron chi connectivity index (χ4n) is 7.87. The Kier molecular flexibility index (Phi) is 28.2. The quantitative estimate of drug-likeness (QED) is 0.0328. The zero-order valence-electron chi connectivity index (χ0n) is 38.2. The third kappa shape index (κ3) is 18.8. The molecule has 0 spiro atoms. The summed E-state index contributed by atoms with van der Waals surface area (Å²) in [5.41, 5.74) is 0. The van der Waals surface area contributed by atoms with Gasteiger partial charge in [-0.2, -0.15) is 0 Å². The predicted octanol–water partition coefficient (Wildman–Crippen LogP) is 0.247. The van der Waals surface area contributed by atoms with Crippen molar-refractivity contribution in [1.82, 2.24) is 5.32 Å². The minimum atomic E-state index is -1.98. The van der Waals surface area contributed by atoms with Crippen LogP contribution >= 0.6 is 0 Å². The van der Waals surface area contributed by atoms with E-state index in [0.29, 0.717) is 12.8 Å². The molecule has 0 aromatic rings. The second kappa shape index (κ2) is 31.9. The van der Waals surface area contributed by atoms with Crippen LogP contribution in [0.15, 0.2) is 36.5 Å². The minimum absolute atomic E-state index is 0.232. The first kappa shape index (κ1) is 57.3. The van der Waals surface area contributed by atoms with E-state index in [1.165, 1.54) is 32.1 Å². The third-order valence-corrected chi connectivity index (χ3v) is 11.9. The van der Waals surface area contributed by atoms with E-state index in [1.54, 1.807) is 12.2 Å². The number of allylic oxidation sites excluding steroid dienone is 5. The second-order valence-electron chi connectivity index (χ2n) is 17.2. The molecule has 0 aromatic heterocycles. The van der Waals surface area contributed by atoms with Crippen molar-refractivity contribution in [2.75, 3.05) is 26.4 Å². The van der Waals surface area contributed by atoms with Crippen LogP contribution < -0.4 is 5.32 Å². The fourth-order valence-corrected chi connectivity index (χ4v) is 7.87. The molecule has 17 atom stereocenters. The number of carbonyl (C=O) groups is 1. The maximum atomic E-state index is 13.1. The molecule has 0 radical (unpaired) electrons. The number of ether oxygens (including phenoxy) is 6. The second-order valence-corrected chi connectivity index (χ2v) is 17.2. The molecule has 3 saturated heterocycles. The summed E-state index contributed by atoms with van der Waals surface area (Å²) < 4.78 is 34.0. The van der Waals surface area contributed by atoms with Crippen molar-refractivity contribution in [1.29, 1.82) is 0 Å². The van der Waals surface area contributed by atoms with E-state index < -0.39 is 124 Å². The zero-order valence-corrected chi connectivity index (χ0v) is 38.2. The van der Waals surface area contributed by atoms with E-state index >= 15 is 0 Å². The highest BCUT2D eigenvalue weighted by atomic mass is 16.8. The van der Waals surface area contributed by atoms with Gasteiger partial charge in [-0.05, 0) is 38.5 Å². The normalized spacial score (nSPS) is 34.4. The summed E-state index contributed by atoms with van der Waals surface area (Å²) in [4.78, 5) is 13.1. The molecular formula is C46H81NO18. The van der Waals surface area contributed by atoms with Gasteiger partial charge in [0, 0.05) is 6.42 Å². The Hall–Kier alpha value is -1.99. The van der Waals surface area contributed by atoms with Crippen molar-refractivity contribution in [3.63, 3.8) is 0 Å². The van der Waals surface area contributed by atoms with Gasteiger partial charge in [-0.3, -0.25) is 4.79 Å². The Balaban J connectivity index is 1.61. The first-order valence-corrected chi connectivity index (χ1v) is 23.7. The molecule has 12 N–H and O–H groups in total. The van der Waals surface area contributed by atoms with Gasteiger partial charge in [0.15, 0.2) is 18.9 Å². The lowest BCUT2D eigenvalue weighted by Crippen LogP contribution is -2.66. The van der Waals surface area contributed by atoms with Crippen molar-refractivity contribution in [2.45, 2.75) is 221 Å². The van der Waals surface area contributed by atoms with Crippen LogP contribution in [-0.2, 0) is 33.2 Å². The molecule has 3 rings (SSSR count). The highest BCUT2D eigenvalue weighted by Gasteiger charge is 2.53. The summed E-state index contributed by atoms with van der Waals surface area (Å²) in [7, 11) is 0. The lowest BCUT2D eigenvalue weighted by atomic mass is 9.96. The SMILES string of the molecule is CCC/C=C/CC/C=C/CC/C=C/C(O)C(COC1OC(CO)C(OC2OC(CO)C(OC3OC(CO)C(O)C(O)C3O)C(O)C2O)C(O)C1O)NC(=O)CCCCCCCCCCC. The van der Waals surface area contributed by atoms with E-state index in [2.05, 4.69) is 43.5 Å². The van der Waals surface area contributed by atoms with Crippen molar-refractivity contribution in [3.05, 3.63) is 36.5 Å². The largest absolute Gasteiger partial charge is 0.394 e. The minimum Gasteiger partial charge on any atom is -0.394 e. The monoisotopic (exact) mass is 936 g/mol. The standard InChI is InChI=1S/C46H81NO18/c1-3-5-7-9-11-13-14-16-17-19-21-23-30(51)29(47-34(52)24-22-20-18-15-12-10-8-6-4-2)28-60-44-40(58)37(55)42(32(26-49)62-44)65-46-41(59)38(56)43(33(27-50)63-46)64-45-39(57)36(54)35(53)31(25-48)61-45/h7,9,14,16,21,23,29-33,35-46,48-51,53-59H,3-6,8,10-13,15,17-20,22,24-28H2,1-2H3,(H,47,52)/b9-7+,16-14+,23-21+. The first-order valence-electron chi connectivity index (χ1n) is 23.7. The van der Waals surface area contributed by atoms with E-state index in [0.717, 1.165) is 51.4 Å². The number of unbranched alkanes of at least 4 members (excludes halogenated alkanes) is 11. The lowest BCUT2D eigenvalue weighted by molar-refractivity contribution is -0.379. The number of aliphatic hydroxyl groups is 11.